The number of benzene rings is 1. The molecule has 0 spiro atoms. The Kier molecular flexibility index (Phi) is 4.14. The zero-order valence-electron chi connectivity index (χ0n) is 16.6. The molecule has 7 heteroatoms. The molecule has 5 heterocycles. The van der Waals surface area contributed by atoms with E-state index in [1.54, 1.807) is 18.3 Å². The topological polar surface area (TPSA) is 82.3 Å². The van der Waals surface area contributed by atoms with E-state index in [0.717, 1.165) is 58.6 Å². The van der Waals surface area contributed by atoms with Gasteiger partial charge in [0, 0.05) is 23.7 Å². The Hall–Kier alpha value is -3.84. The zero-order valence-corrected chi connectivity index (χ0v) is 16.6. The maximum Gasteiger partial charge on any atom is 0.138 e. The molecule has 0 bridgehead atoms. The minimum Gasteiger partial charge on any atom is -0.338 e. The van der Waals surface area contributed by atoms with Crippen LogP contribution in [0.2, 0.25) is 0 Å². The number of H-pyrrole nitrogens is 2. The lowest BCUT2D eigenvalue weighted by atomic mass is 10.0. The summed E-state index contributed by atoms with van der Waals surface area (Å²) in [6, 6.07) is 14.6. The number of nitrogens with zero attached hydrogens (tertiary/aromatic N) is 3. The highest BCUT2D eigenvalue weighted by molar-refractivity contribution is 5.99. The Morgan fingerprint density at radius 3 is 2.81 bits per heavy atom. The summed E-state index contributed by atoms with van der Waals surface area (Å²) in [5, 5.41) is 11.8. The van der Waals surface area contributed by atoms with E-state index in [0.29, 0.717) is 11.2 Å². The maximum absolute atomic E-state index is 14.4. The van der Waals surface area contributed by atoms with Crippen LogP contribution in [0.1, 0.15) is 12.1 Å². The largest absolute Gasteiger partial charge is 0.338 e. The van der Waals surface area contributed by atoms with Crippen LogP contribution in [0.3, 0.4) is 0 Å². The fourth-order valence-corrected chi connectivity index (χ4v) is 4.19. The first-order valence-electron chi connectivity index (χ1n) is 10.3. The SMILES string of the molecule is Fc1ccccc1-c1ccnc2[nH]c(-c3n[nH]c4ccc(C5=CCNCC5)nc34)cc12. The van der Waals surface area contributed by atoms with Gasteiger partial charge < -0.3 is 10.3 Å². The Bertz CT molecular complexity index is 1460. The quantitative estimate of drug-likeness (QED) is 0.403. The molecule has 0 aliphatic carbocycles. The molecule has 0 unspecified atom stereocenters. The van der Waals surface area contributed by atoms with E-state index in [4.69, 9.17) is 4.98 Å². The zero-order chi connectivity index (χ0) is 20.8. The fourth-order valence-electron chi connectivity index (χ4n) is 4.19. The summed E-state index contributed by atoms with van der Waals surface area (Å²) >= 11 is 0. The lowest BCUT2D eigenvalue weighted by molar-refractivity contribution is 0.631. The number of rotatable bonds is 3. The number of fused-ring (bicyclic) bond motifs is 2. The van der Waals surface area contributed by atoms with E-state index in [1.807, 2.05) is 30.3 Å². The fraction of sp³-hybridized carbons (Fsp3) is 0.125. The van der Waals surface area contributed by atoms with Gasteiger partial charge in [-0.1, -0.05) is 24.3 Å². The summed E-state index contributed by atoms with van der Waals surface area (Å²) in [6.45, 7) is 1.82. The molecule has 4 aromatic heterocycles. The number of aromatic nitrogens is 5. The average molecular weight is 410 g/mol. The van der Waals surface area contributed by atoms with Crippen molar-refractivity contribution < 1.29 is 4.39 Å². The number of halogens is 1. The summed E-state index contributed by atoms with van der Waals surface area (Å²) < 4.78 is 14.4. The molecule has 1 aliphatic rings. The summed E-state index contributed by atoms with van der Waals surface area (Å²) in [6.07, 6.45) is 4.83. The lowest BCUT2D eigenvalue weighted by Gasteiger charge is -2.13. The van der Waals surface area contributed by atoms with Crippen molar-refractivity contribution in [2.75, 3.05) is 13.1 Å². The van der Waals surface area contributed by atoms with Crippen LogP contribution < -0.4 is 5.32 Å². The van der Waals surface area contributed by atoms with E-state index < -0.39 is 0 Å². The van der Waals surface area contributed by atoms with Gasteiger partial charge in [-0.15, -0.1) is 0 Å². The van der Waals surface area contributed by atoms with E-state index in [9.17, 15) is 4.39 Å². The highest BCUT2D eigenvalue weighted by Gasteiger charge is 2.17. The highest BCUT2D eigenvalue weighted by Crippen LogP contribution is 2.34. The van der Waals surface area contributed by atoms with Crippen LogP contribution in [0, 0.1) is 5.82 Å². The molecule has 0 amide bonds. The van der Waals surface area contributed by atoms with E-state index in [1.165, 1.54) is 11.6 Å². The Labute approximate surface area is 177 Å². The predicted octanol–water partition coefficient (Wildman–Crippen LogP) is 4.68. The second-order valence-corrected chi connectivity index (χ2v) is 7.63. The van der Waals surface area contributed by atoms with Crippen LogP contribution in [0.5, 0.6) is 0 Å². The third kappa shape index (κ3) is 3.02. The summed E-state index contributed by atoms with van der Waals surface area (Å²) in [7, 11) is 0. The van der Waals surface area contributed by atoms with Crippen molar-refractivity contribution in [1.82, 2.24) is 30.5 Å². The summed E-state index contributed by atoms with van der Waals surface area (Å²) in [4.78, 5) is 12.7. The molecule has 31 heavy (non-hydrogen) atoms. The maximum atomic E-state index is 14.4. The van der Waals surface area contributed by atoms with Crippen molar-refractivity contribution >= 4 is 27.6 Å². The standard InChI is InChI=1S/C24H19FN6/c25-18-4-2-1-3-16(18)15-9-12-27-24-17(15)13-21(29-24)23-22-20(30-31-23)6-5-19(28-22)14-7-10-26-11-8-14/h1-7,9,12-13,26H,8,10-11H2,(H,27,29)(H,30,31). The predicted molar refractivity (Wildman–Crippen MR) is 120 cm³/mol. The molecule has 0 radical (unpaired) electrons. The molecule has 152 valence electrons. The molecule has 0 fully saturated rings. The van der Waals surface area contributed by atoms with E-state index in [-0.39, 0.29) is 5.82 Å². The third-order valence-electron chi connectivity index (χ3n) is 5.75. The van der Waals surface area contributed by atoms with Crippen LogP contribution in [0.15, 0.2) is 60.8 Å². The van der Waals surface area contributed by atoms with E-state index >= 15 is 0 Å². The monoisotopic (exact) mass is 410 g/mol. The van der Waals surface area contributed by atoms with Crippen LogP contribution in [-0.2, 0) is 0 Å². The van der Waals surface area contributed by atoms with Crippen LogP contribution in [0.25, 0.3) is 50.2 Å². The van der Waals surface area contributed by atoms with Crippen molar-refractivity contribution in [3.63, 3.8) is 0 Å². The second kappa shape index (κ2) is 7.14. The van der Waals surface area contributed by atoms with Crippen molar-refractivity contribution in [3.05, 3.63) is 72.3 Å². The van der Waals surface area contributed by atoms with Crippen LogP contribution in [-0.4, -0.2) is 38.2 Å². The minimum absolute atomic E-state index is 0.260. The first-order valence-corrected chi connectivity index (χ1v) is 10.3. The van der Waals surface area contributed by atoms with Gasteiger partial charge in [0.05, 0.1) is 16.9 Å². The molecular formula is C24H19FN6. The molecule has 0 saturated carbocycles. The molecule has 1 aromatic carbocycles. The number of hydrogen-bond acceptors (Lipinski definition) is 4. The van der Waals surface area contributed by atoms with Gasteiger partial charge in [-0.05, 0) is 54.4 Å². The van der Waals surface area contributed by atoms with Crippen LogP contribution in [0.4, 0.5) is 4.39 Å². The van der Waals surface area contributed by atoms with Crippen LogP contribution >= 0.6 is 0 Å². The van der Waals surface area contributed by atoms with Gasteiger partial charge in [-0.3, -0.25) is 5.10 Å². The van der Waals surface area contributed by atoms with Gasteiger partial charge in [0.2, 0.25) is 0 Å². The Balaban J connectivity index is 1.50. The van der Waals surface area contributed by atoms with Crippen molar-refractivity contribution in [3.8, 4) is 22.5 Å². The Morgan fingerprint density at radius 1 is 1.00 bits per heavy atom. The highest BCUT2D eigenvalue weighted by atomic mass is 19.1. The van der Waals surface area contributed by atoms with Crippen molar-refractivity contribution in [2.24, 2.45) is 0 Å². The average Bonchev–Trinajstić information content (AvgIpc) is 3.43. The van der Waals surface area contributed by atoms with Gasteiger partial charge in [-0.25, -0.2) is 14.4 Å². The summed E-state index contributed by atoms with van der Waals surface area (Å²) in [5.74, 6) is -0.260. The first kappa shape index (κ1) is 18.0. The molecule has 0 atom stereocenters. The van der Waals surface area contributed by atoms with E-state index in [2.05, 4.69) is 31.6 Å². The molecule has 1 aliphatic heterocycles. The van der Waals surface area contributed by atoms with Crippen molar-refractivity contribution in [1.29, 1.82) is 0 Å². The van der Waals surface area contributed by atoms with Gasteiger partial charge in [0.25, 0.3) is 0 Å². The minimum atomic E-state index is -0.260. The van der Waals surface area contributed by atoms with Gasteiger partial charge >= 0.3 is 0 Å². The molecule has 6 rings (SSSR count). The first-order chi connectivity index (χ1) is 15.3. The second-order valence-electron chi connectivity index (χ2n) is 7.63. The number of pyridine rings is 2. The molecule has 6 nitrogen and oxygen atoms in total. The summed E-state index contributed by atoms with van der Waals surface area (Å²) in [5.41, 5.74) is 7.43. The molecule has 0 saturated heterocycles. The Morgan fingerprint density at radius 2 is 1.94 bits per heavy atom. The normalized spacial score (nSPS) is 14.3. The third-order valence-corrected chi connectivity index (χ3v) is 5.75. The van der Waals surface area contributed by atoms with Gasteiger partial charge in [0.1, 0.15) is 22.7 Å². The molecule has 5 aromatic rings. The van der Waals surface area contributed by atoms with Crippen molar-refractivity contribution in [2.45, 2.75) is 6.42 Å². The van der Waals surface area contributed by atoms with Gasteiger partial charge in [0.15, 0.2) is 0 Å². The number of aromatic amines is 2. The number of hydrogen-bond donors (Lipinski definition) is 3. The number of nitrogens with one attached hydrogen (secondary N) is 3. The van der Waals surface area contributed by atoms with Gasteiger partial charge in [-0.2, -0.15) is 5.10 Å². The molecular weight excluding hydrogens is 391 g/mol. The smallest absolute Gasteiger partial charge is 0.138 e. The lowest BCUT2D eigenvalue weighted by Crippen LogP contribution is -2.20. The molecule has 3 N–H and O–H groups in total.